The molecular formula is C14H23N3O. The van der Waals surface area contributed by atoms with Gasteiger partial charge in [-0.3, -0.25) is 9.48 Å². The molecule has 18 heavy (non-hydrogen) atoms. The van der Waals surface area contributed by atoms with E-state index in [-0.39, 0.29) is 11.2 Å². The standard InChI is InChI=1S/C14H23N3O/c1-3-12(4-2)17-8-5-11(16-17)9-13(18)14(10-15)6-7-14/h5,8,12H,3-4,6-7,9-10,15H2,1-2H3. The first-order valence-corrected chi connectivity index (χ1v) is 6.92. The number of hydrogen-bond donors (Lipinski definition) is 1. The van der Waals surface area contributed by atoms with Crippen molar-refractivity contribution in [1.82, 2.24) is 9.78 Å². The molecule has 0 radical (unpaired) electrons. The summed E-state index contributed by atoms with van der Waals surface area (Å²) < 4.78 is 1.99. The molecule has 0 saturated heterocycles. The van der Waals surface area contributed by atoms with Crippen molar-refractivity contribution < 1.29 is 4.79 Å². The summed E-state index contributed by atoms with van der Waals surface area (Å²) in [6.07, 6.45) is 6.47. The molecule has 1 aliphatic rings. The molecule has 0 bridgehead atoms. The normalized spacial score (nSPS) is 17.1. The number of rotatable bonds is 7. The van der Waals surface area contributed by atoms with Gasteiger partial charge in [-0.1, -0.05) is 13.8 Å². The van der Waals surface area contributed by atoms with Crippen LogP contribution in [0.15, 0.2) is 12.3 Å². The highest BCUT2D eigenvalue weighted by Gasteiger charge is 2.47. The van der Waals surface area contributed by atoms with Crippen LogP contribution in [0.4, 0.5) is 0 Å². The molecular weight excluding hydrogens is 226 g/mol. The first-order chi connectivity index (χ1) is 8.65. The predicted octanol–water partition coefficient (Wildman–Crippen LogP) is 2.09. The average Bonchev–Trinajstić information content (AvgIpc) is 3.07. The van der Waals surface area contributed by atoms with E-state index in [0.29, 0.717) is 19.0 Å². The first-order valence-electron chi connectivity index (χ1n) is 6.92. The summed E-state index contributed by atoms with van der Waals surface area (Å²) in [5.74, 6) is 0.264. The van der Waals surface area contributed by atoms with E-state index in [4.69, 9.17) is 5.73 Å². The highest BCUT2D eigenvalue weighted by Crippen LogP contribution is 2.45. The lowest BCUT2D eigenvalue weighted by atomic mass is 9.98. The van der Waals surface area contributed by atoms with E-state index in [1.807, 2.05) is 16.9 Å². The highest BCUT2D eigenvalue weighted by atomic mass is 16.1. The summed E-state index contributed by atoms with van der Waals surface area (Å²) in [5, 5.41) is 4.52. The molecule has 2 N–H and O–H groups in total. The molecule has 1 aliphatic carbocycles. The second kappa shape index (κ2) is 5.22. The number of aromatic nitrogens is 2. The molecule has 4 heteroatoms. The van der Waals surface area contributed by atoms with Crippen molar-refractivity contribution in [3.05, 3.63) is 18.0 Å². The topological polar surface area (TPSA) is 60.9 Å². The van der Waals surface area contributed by atoms with Gasteiger partial charge < -0.3 is 5.73 Å². The van der Waals surface area contributed by atoms with E-state index < -0.39 is 0 Å². The maximum absolute atomic E-state index is 12.1. The van der Waals surface area contributed by atoms with Crippen LogP contribution in [-0.2, 0) is 11.2 Å². The summed E-state index contributed by atoms with van der Waals surface area (Å²) in [7, 11) is 0. The number of nitrogens with two attached hydrogens (primary N) is 1. The van der Waals surface area contributed by atoms with Crippen molar-refractivity contribution in [2.45, 2.75) is 52.0 Å². The summed E-state index contributed by atoms with van der Waals surface area (Å²) in [6.45, 7) is 4.81. The second-order valence-electron chi connectivity index (χ2n) is 5.34. The predicted molar refractivity (Wildman–Crippen MR) is 71.3 cm³/mol. The number of carbonyl (C=O) groups is 1. The fraction of sp³-hybridized carbons (Fsp3) is 0.714. The summed E-state index contributed by atoms with van der Waals surface area (Å²) >= 11 is 0. The maximum Gasteiger partial charge on any atom is 0.146 e. The molecule has 1 heterocycles. The lowest BCUT2D eigenvalue weighted by Gasteiger charge is -2.12. The minimum atomic E-state index is -0.210. The van der Waals surface area contributed by atoms with E-state index in [1.54, 1.807) is 0 Å². The SMILES string of the molecule is CCC(CC)n1ccc(CC(=O)C2(CN)CC2)n1. The summed E-state index contributed by atoms with van der Waals surface area (Å²) in [4.78, 5) is 12.1. The summed E-state index contributed by atoms with van der Waals surface area (Å²) in [6, 6.07) is 2.40. The fourth-order valence-electron chi connectivity index (χ4n) is 2.44. The van der Waals surface area contributed by atoms with E-state index in [2.05, 4.69) is 18.9 Å². The molecule has 100 valence electrons. The van der Waals surface area contributed by atoms with Crippen LogP contribution in [0.3, 0.4) is 0 Å². The lowest BCUT2D eigenvalue weighted by molar-refractivity contribution is -0.123. The number of nitrogens with zero attached hydrogens (tertiary/aromatic N) is 2. The van der Waals surface area contributed by atoms with Crippen molar-refractivity contribution in [3.63, 3.8) is 0 Å². The van der Waals surface area contributed by atoms with Crippen LogP contribution in [-0.4, -0.2) is 22.1 Å². The number of Topliss-reactive ketones (excluding diaryl/α,β-unsaturated/α-hetero) is 1. The van der Waals surface area contributed by atoms with Crippen LogP contribution >= 0.6 is 0 Å². The van der Waals surface area contributed by atoms with E-state index in [1.165, 1.54) is 0 Å². The van der Waals surface area contributed by atoms with Gasteiger partial charge in [0.05, 0.1) is 18.2 Å². The second-order valence-corrected chi connectivity index (χ2v) is 5.34. The molecule has 0 aliphatic heterocycles. The van der Waals surface area contributed by atoms with Gasteiger partial charge in [0.15, 0.2) is 0 Å². The van der Waals surface area contributed by atoms with Crippen molar-refractivity contribution >= 4 is 5.78 Å². The number of ketones is 1. The van der Waals surface area contributed by atoms with Crippen LogP contribution in [0.2, 0.25) is 0 Å². The third-order valence-corrected chi connectivity index (χ3v) is 4.16. The zero-order valence-electron chi connectivity index (χ0n) is 11.4. The molecule has 0 amide bonds. The van der Waals surface area contributed by atoms with Gasteiger partial charge in [-0.2, -0.15) is 5.10 Å². The Morgan fingerprint density at radius 2 is 2.17 bits per heavy atom. The Labute approximate surface area is 109 Å². The van der Waals surface area contributed by atoms with Crippen LogP contribution in [0.1, 0.15) is 51.3 Å². The van der Waals surface area contributed by atoms with Gasteiger partial charge in [-0.15, -0.1) is 0 Å². The molecule has 1 fully saturated rings. The summed E-state index contributed by atoms with van der Waals surface area (Å²) in [5.41, 5.74) is 6.34. The molecule has 1 saturated carbocycles. The van der Waals surface area contributed by atoms with Crippen molar-refractivity contribution in [3.8, 4) is 0 Å². The molecule has 0 atom stereocenters. The van der Waals surface area contributed by atoms with E-state index in [0.717, 1.165) is 31.4 Å². The largest absolute Gasteiger partial charge is 0.329 e. The highest BCUT2D eigenvalue weighted by molar-refractivity contribution is 5.89. The van der Waals surface area contributed by atoms with Crippen molar-refractivity contribution in [1.29, 1.82) is 0 Å². The van der Waals surface area contributed by atoms with Crippen LogP contribution in [0.25, 0.3) is 0 Å². The monoisotopic (exact) mass is 249 g/mol. The molecule has 0 unspecified atom stereocenters. The Hall–Kier alpha value is -1.16. The van der Waals surface area contributed by atoms with Crippen molar-refractivity contribution in [2.75, 3.05) is 6.54 Å². The van der Waals surface area contributed by atoms with Gasteiger partial charge in [0.1, 0.15) is 5.78 Å². The quantitative estimate of drug-likeness (QED) is 0.805. The number of carbonyl (C=O) groups excluding carboxylic acids is 1. The minimum absolute atomic E-state index is 0.210. The first kappa shape index (κ1) is 13.3. The number of hydrogen-bond acceptors (Lipinski definition) is 3. The van der Waals surface area contributed by atoms with E-state index in [9.17, 15) is 4.79 Å². The van der Waals surface area contributed by atoms with Gasteiger partial charge in [-0.05, 0) is 31.7 Å². The zero-order chi connectivity index (χ0) is 13.2. The third kappa shape index (κ3) is 2.48. The fourth-order valence-corrected chi connectivity index (χ4v) is 2.44. The maximum atomic E-state index is 12.1. The molecule has 0 spiro atoms. The smallest absolute Gasteiger partial charge is 0.146 e. The van der Waals surface area contributed by atoms with Gasteiger partial charge in [0, 0.05) is 18.2 Å². The Balaban J connectivity index is 2.00. The third-order valence-electron chi connectivity index (χ3n) is 4.16. The van der Waals surface area contributed by atoms with Gasteiger partial charge in [0.25, 0.3) is 0 Å². The average molecular weight is 249 g/mol. The van der Waals surface area contributed by atoms with Crippen LogP contribution < -0.4 is 5.73 Å². The van der Waals surface area contributed by atoms with Gasteiger partial charge >= 0.3 is 0 Å². The van der Waals surface area contributed by atoms with Crippen molar-refractivity contribution in [2.24, 2.45) is 11.1 Å². The molecule has 4 nitrogen and oxygen atoms in total. The zero-order valence-corrected chi connectivity index (χ0v) is 11.4. The van der Waals surface area contributed by atoms with Crippen LogP contribution in [0.5, 0.6) is 0 Å². The molecule has 0 aromatic carbocycles. The van der Waals surface area contributed by atoms with Gasteiger partial charge in [0.2, 0.25) is 0 Å². The van der Waals surface area contributed by atoms with Crippen LogP contribution in [0, 0.1) is 5.41 Å². The molecule has 1 aromatic rings. The molecule has 2 rings (SSSR count). The Morgan fingerprint density at radius 3 is 2.67 bits per heavy atom. The lowest BCUT2D eigenvalue weighted by Crippen LogP contribution is -2.26. The minimum Gasteiger partial charge on any atom is -0.329 e. The Bertz CT molecular complexity index is 416. The van der Waals surface area contributed by atoms with Gasteiger partial charge in [-0.25, -0.2) is 0 Å². The Kier molecular flexibility index (Phi) is 3.85. The Morgan fingerprint density at radius 1 is 1.50 bits per heavy atom. The molecule has 1 aromatic heterocycles. The van der Waals surface area contributed by atoms with E-state index >= 15 is 0 Å².